The minimum absolute atomic E-state index is 0.108. The maximum absolute atomic E-state index is 12.3. The Morgan fingerprint density at radius 2 is 1.83 bits per heavy atom. The fourth-order valence-electron chi connectivity index (χ4n) is 2.63. The third-order valence-corrected chi connectivity index (χ3v) is 4.13. The number of aliphatic hydroxyl groups excluding tert-OH is 1. The van der Waals surface area contributed by atoms with E-state index in [0.717, 1.165) is 22.3 Å². The molecule has 3 nitrogen and oxygen atoms in total. The molecule has 23 heavy (non-hydrogen) atoms. The van der Waals surface area contributed by atoms with E-state index in [-0.39, 0.29) is 11.8 Å². The van der Waals surface area contributed by atoms with Crippen molar-refractivity contribution in [3.05, 3.63) is 70.8 Å². The van der Waals surface area contributed by atoms with Crippen LogP contribution in [0.3, 0.4) is 0 Å². The number of nitrogens with one attached hydrogen (secondary N) is 1. The van der Waals surface area contributed by atoms with Crippen LogP contribution in [0.5, 0.6) is 0 Å². The molecular weight excluding hydrogens is 286 g/mol. The Balaban J connectivity index is 1.87. The van der Waals surface area contributed by atoms with Crippen LogP contribution in [-0.2, 0) is 0 Å². The van der Waals surface area contributed by atoms with Gasteiger partial charge < -0.3 is 10.4 Å². The number of carbonyl (C=O) groups excluding carboxylic acids is 1. The van der Waals surface area contributed by atoms with E-state index in [9.17, 15) is 9.90 Å². The van der Waals surface area contributed by atoms with E-state index in [2.05, 4.69) is 5.32 Å². The van der Waals surface area contributed by atoms with E-state index < -0.39 is 6.10 Å². The predicted molar refractivity (Wildman–Crippen MR) is 93.7 cm³/mol. The van der Waals surface area contributed by atoms with Crippen LogP contribution < -0.4 is 5.32 Å². The normalized spacial score (nSPS) is 13.6. The van der Waals surface area contributed by atoms with E-state index >= 15 is 0 Å². The average molecular weight is 311 g/mol. The first kappa shape index (κ1) is 17.4. The molecule has 0 aliphatic heterocycles. The first-order valence-electron chi connectivity index (χ1n) is 8.06. The molecule has 0 aliphatic rings. The molecular formula is C20H25NO2. The van der Waals surface area contributed by atoms with Crippen LogP contribution in [0.2, 0.25) is 0 Å². The van der Waals surface area contributed by atoms with Crippen LogP contribution in [0.4, 0.5) is 0 Å². The number of benzene rings is 2. The Hall–Kier alpha value is -1.97. The minimum Gasteiger partial charge on any atom is -0.387 e. The van der Waals surface area contributed by atoms with Crippen LogP contribution in [0.1, 0.15) is 46.5 Å². The SMILES string of the molecule is Cc1ccc(C)c(C(=O)CCNC(C)C(O)c2ccccc2)c1. The Morgan fingerprint density at radius 1 is 1.13 bits per heavy atom. The molecule has 0 saturated carbocycles. The lowest BCUT2D eigenvalue weighted by Gasteiger charge is -2.20. The summed E-state index contributed by atoms with van der Waals surface area (Å²) in [6.45, 7) is 6.44. The molecule has 0 aromatic heterocycles. The molecule has 2 N–H and O–H groups in total. The van der Waals surface area contributed by atoms with Crippen LogP contribution in [0.15, 0.2) is 48.5 Å². The molecule has 2 unspecified atom stereocenters. The highest BCUT2D eigenvalue weighted by Gasteiger charge is 2.16. The standard InChI is InChI=1S/C20H25NO2/c1-14-9-10-15(2)18(13-14)19(22)11-12-21-16(3)20(23)17-7-5-4-6-8-17/h4-10,13,16,20-21,23H,11-12H2,1-3H3. The van der Waals surface area contributed by atoms with Crippen LogP contribution in [-0.4, -0.2) is 23.5 Å². The number of ketones is 1. The maximum atomic E-state index is 12.3. The highest BCUT2D eigenvalue weighted by atomic mass is 16.3. The van der Waals surface area contributed by atoms with Gasteiger partial charge in [0.2, 0.25) is 0 Å². The highest BCUT2D eigenvalue weighted by molar-refractivity contribution is 5.97. The second-order valence-electron chi connectivity index (χ2n) is 6.09. The summed E-state index contributed by atoms with van der Waals surface area (Å²) < 4.78 is 0. The summed E-state index contributed by atoms with van der Waals surface area (Å²) in [4.78, 5) is 12.3. The molecule has 3 heteroatoms. The molecule has 0 saturated heterocycles. The highest BCUT2D eigenvalue weighted by Crippen LogP contribution is 2.16. The molecule has 2 aromatic rings. The molecule has 0 fully saturated rings. The molecule has 0 heterocycles. The Kier molecular flexibility index (Phi) is 6.08. The topological polar surface area (TPSA) is 49.3 Å². The zero-order chi connectivity index (χ0) is 16.8. The number of aryl methyl sites for hydroxylation is 2. The van der Waals surface area contributed by atoms with Crippen molar-refractivity contribution in [3.8, 4) is 0 Å². The van der Waals surface area contributed by atoms with Gasteiger partial charge in [-0.05, 0) is 38.0 Å². The lowest BCUT2D eigenvalue weighted by atomic mass is 10.00. The van der Waals surface area contributed by atoms with E-state index in [1.165, 1.54) is 0 Å². The predicted octanol–water partition coefficient (Wildman–Crippen LogP) is 3.59. The Bertz CT molecular complexity index is 652. The van der Waals surface area contributed by atoms with Crippen LogP contribution in [0.25, 0.3) is 0 Å². The summed E-state index contributed by atoms with van der Waals surface area (Å²) in [5.41, 5.74) is 3.79. The van der Waals surface area contributed by atoms with Crippen molar-refractivity contribution < 1.29 is 9.90 Å². The molecule has 122 valence electrons. The third kappa shape index (κ3) is 4.75. The second-order valence-corrected chi connectivity index (χ2v) is 6.09. The van der Waals surface area contributed by atoms with Crippen molar-refractivity contribution in [1.29, 1.82) is 0 Å². The maximum Gasteiger partial charge on any atom is 0.164 e. The van der Waals surface area contributed by atoms with Gasteiger partial charge in [0, 0.05) is 24.6 Å². The zero-order valence-electron chi connectivity index (χ0n) is 14.0. The monoisotopic (exact) mass is 311 g/mol. The summed E-state index contributed by atoms with van der Waals surface area (Å²) >= 11 is 0. The molecule has 0 radical (unpaired) electrons. The van der Waals surface area contributed by atoms with Gasteiger partial charge in [0.15, 0.2) is 5.78 Å². The van der Waals surface area contributed by atoms with E-state index in [1.807, 2.05) is 69.3 Å². The largest absolute Gasteiger partial charge is 0.387 e. The summed E-state index contributed by atoms with van der Waals surface area (Å²) in [5.74, 6) is 0.139. The second kappa shape index (κ2) is 8.04. The molecule has 0 aliphatic carbocycles. The van der Waals surface area contributed by atoms with Gasteiger partial charge in [0.25, 0.3) is 0 Å². The average Bonchev–Trinajstić information content (AvgIpc) is 2.56. The number of hydrogen-bond donors (Lipinski definition) is 2. The van der Waals surface area contributed by atoms with Gasteiger partial charge in [0.1, 0.15) is 0 Å². The van der Waals surface area contributed by atoms with Gasteiger partial charge in [-0.2, -0.15) is 0 Å². The number of aliphatic hydroxyl groups is 1. The summed E-state index contributed by atoms with van der Waals surface area (Å²) in [6.07, 6.45) is -0.150. The van der Waals surface area contributed by atoms with Crippen LogP contribution in [0, 0.1) is 13.8 Å². The van der Waals surface area contributed by atoms with E-state index in [1.54, 1.807) is 0 Å². The lowest BCUT2D eigenvalue weighted by molar-refractivity contribution is 0.0971. The van der Waals surface area contributed by atoms with Gasteiger partial charge in [-0.1, -0.05) is 48.0 Å². The minimum atomic E-state index is -0.577. The fourth-order valence-corrected chi connectivity index (χ4v) is 2.63. The number of carbonyl (C=O) groups is 1. The first-order valence-corrected chi connectivity index (χ1v) is 8.06. The summed E-state index contributed by atoms with van der Waals surface area (Å²) in [6, 6.07) is 15.4. The fraction of sp³-hybridized carbons (Fsp3) is 0.350. The quantitative estimate of drug-likeness (QED) is 0.768. The molecule has 0 spiro atoms. The molecule has 0 bridgehead atoms. The molecule has 2 atom stereocenters. The molecule has 2 rings (SSSR count). The van der Waals surface area contributed by atoms with Crippen LogP contribution >= 0.6 is 0 Å². The van der Waals surface area contributed by atoms with Gasteiger partial charge in [-0.3, -0.25) is 4.79 Å². The summed E-state index contributed by atoms with van der Waals surface area (Å²) in [7, 11) is 0. The van der Waals surface area contributed by atoms with Gasteiger partial charge in [0.05, 0.1) is 6.10 Å². The first-order chi connectivity index (χ1) is 11.0. The van der Waals surface area contributed by atoms with E-state index in [0.29, 0.717) is 13.0 Å². The smallest absolute Gasteiger partial charge is 0.164 e. The van der Waals surface area contributed by atoms with Crippen molar-refractivity contribution in [2.75, 3.05) is 6.54 Å². The van der Waals surface area contributed by atoms with E-state index in [4.69, 9.17) is 0 Å². The molecule has 0 amide bonds. The van der Waals surface area contributed by atoms with Gasteiger partial charge in [-0.25, -0.2) is 0 Å². The summed E-state index contributed by atoms with van der Waals surface area (Å²) in [5, 5.41) is 13.5. The Labute approximate surface area is 138 Å². The van der Waals surface area contributed by atoms with Crippen molar-refractivity contribution in [3.63, 3.8) is 0 Å². The molecule has 2 aromatic carbocycles. The van der Waals surface area contributed by atoms with Crippen molar-refractivity contribution in [2.45, 2.75) is 39.3 Å². The van der Waals surface area contributed by atoms with Gasteiger partial charge >= 0.3 is 0 Å². The Morgan fingerprint density at radius 3 is 2.52 bits per heavy atom. The number of hydrogen-bond acceptors (Lipinski definition) is 3. The number of rotatable bonds is 7. The number of Topliss-reactive ketones (excluding diaryl/α,β-unsaturated/α-hetero) is 1. The zero-order valence-corrected chi connectivity index (χ0v) is 14.0. The van der Waals surface area contributed by atoms with Crippen molar-refractivity contribution in [1.82, 2.24) is 5.32 Å². The lowest BCUT2D eigenvalue weighted by Crippen LogP contribution is -2.33. The van der Waals surface area contributed by atoms with Crippen molar-refractivity contribution >= 4 is 5.78 Å². The van der Waals surface area contributed by atoms with Gasteiger partial charge in [-0.15, -0.1) is 0 Å². The van der Waals surface area contributed by atoms with Crippen molar-refractivity contribution in [2.24, 2.45) is 0 Å². The third-order valence-electron chi connectivity index (χ3n) is 4.13.